The number of rotatable bonds is 2. The summed E-state index contributed by atoms with van der Waals surface area (Å²) in [6.07, 6.45) is 0.738. The predicted octanol–water partition coefficient (Wildman–Crippen LogP) is 4.13. The highest BCUT2D eigenvalue weighted by Crippen LogP contribution is 2.33. The number of halogens is 2. The highest BCUT2D eigenvalue weighted by atomic mass is 79.9. The van der Waals surface area contributed by atoms with Gasteiger partial charge in [-0.05, 0) is 52.2 Å². The molecule has 1 heterocycles. The van der Waals surface area contributed by atoms with Crippen LogP contribution in [0.5, 0.6) is 0 Å². The van der Waals surface area contributed by atoms with Crippen molar-refractivity contribution in [3.63, 3.8) is 0 Å². The fourth-order valence-corrected chi connectivity index (χ4v) is 3.00. The van der Waals surface area contributed by atoms with Gasteiger partial charge in [-0.25, -0.2) is 4.39 Å². The molecule has 2 aromatic carbocycles. The molecule has 1 amide bonds. The topological polar surface area (TPSA) is 41.1 Å². The van der Waals surface area contributed by atoms with Crippen LogP contribution in [-0.4, -0.2) is 12.5 Å². The molecule has 0 fully saturated rings. The third-order valence-electron chi connectivity index (χ3n) is 3.59. The van der Waals surface area contributed by atoms with Gasteiger partial charge in [0.15, 0.2) is 0 Å². The number of hydrogen-bond acceptors (Lipinski definition) is 2. The van der Waals surface area contributed by atoms with Crippen LogP contribution in [0.3, 0.4) is 0 Å². The Balaban J connectivity index is 1.83. The number of carbonyl (C=O) groups excluding carboxylic acids is 1. The molecule has 1 aliphatic heterocycles. The first-order chi connectivity index (χ1) is 10.1. The molecule has 2 N–H and O–H groups in total. The number of nitrogens with one attached hydrogen (secondary N) is 2. The zero-order valence-electron chi connectivity index (χ0n) is 11.2. The molecule has 0 saturated carbocycles. The van der Waals surface area contributed by atoms with Crippen LogP contribution in [0.1, 0.15) is 17.9 Å². The van der Waals surface area contributed by atoms with Gasteiger partial charge in [0.2, 0.25) is 5.91 Å². The Labute approximate surface area is 130 Å². The summed E-state index contributed by atoms with van der Waals surface area (Å²) in [4.78, 5) is 12.5. The van der Waals surface area contributed by atoms with E-state index in [1.54, 1.807) is 6.07 Å². The standard InChI is InChI=1S/C16H14BrFN2O/c17-13-9-10(18)5-6-15(13)20-16(21)12-7-8-19-14-4-2-1-3-11(12)14/h1-6,9,12,19H,7-8H2,(H,20,21). The first-order valence-electron chi connectivity index (χ1n) is 6.74. The molecule has 1 unspecified atom stereocenters. The van der Waals surface area contributed by atoms with Crippen LogP contribution in [0.15, 0.2) is 46.9 Å². The fraction of sp³-hybridized carbons (Fsp3) is 0.188. The van der Waals surface area contributed by atoms with Gasteiger partial charge in [0.25, 0.3) is 0 Å². The van der Waals surface area contributed by atoms with Crippen LogP contribution in [0.2, 0.25) is 0 Å². The average Bonchev–Trinajstić information content (AvgIpc) is 2.49. The second-order valence-electron chi connectivity index (χ2n) is 4.97. The summed E-state index contributed by atoms with van der Waals surface area (Å²) >= 11 is 3.26. The van der Waals surface area contributed by atoms with Gasteiger partial charge in [-0.3, -0.25) is 4.79 Å². The summed E-state index contributed by atoms with van der Waals surface area (Å²) in [5.74, 6) is -0.609. The Morgan fingerprint density at radius 1 is 1.29 bits per heavy atom. The Hall–Kier alpha value is -1.88. The van der Waals surface area contributed by atoms with Crippen molar-refractivity contribution in [1.29, 1.82) is 0 Å². The van der Waals surface area contributed by atoms with Crippen LogP contribution in [0.4, 0.5) is 15.8 Å². The molecule has 3 rings (SSSR count). The molecule has 5 heteroatoms. The van der Waals surface area contributed by atoms with Crippen LogP contribution in [-0.2, 0) is 4.79 Å². The second kappa shape index (κ2) is 5.85. The van der Waals surface area contributed by atoms with Gasteiger partial charge in [-0.15, -0.1) is 0 Å². The van der Waals surface area contributed by atoms with Crippen LogP contribution < -0.4 is 10.6 Å². The maximum atomic E-state index is 13.1. The second-order valence-corrected chi connectivity index (χ2v) is 5.82. The van der Waals surface area contributed by atoms with Gasteiger partial charge < -0.3 is 10.6 Å². The van der Waals surface area contributed by atoms with Crippen molar-refractivity contribution >= 4 is 33.2 Å². The van der Waals surface area contributed by atoms with E-state index in [0.29, 0.717) is 10.2 Å². The number of hydrogen-bond donors (Lipinski definition) is 2. The Bertz CT molecular complexity index is 690. The average molecular weight is 349 g/mol. The number of amides is 1. The van der Waals surface area contributed by atoms with Crippen molar-refractivity contribution in [3.8, 4) is 0 Å². The molecule has 2 aromatic rings. The van der Waals surface area contributed by atoms with Gasteiger partial charge in [-0.2, -0.15) is 0 Å². The van der Waals surface area contributed by atoms with Crippen molar-refractivity contribution in [2.75, 3.05) is 17.2 Å². The quantitative estimate of drug-likeness (QED) is 0.856. The highest BCUT2D eigenvalue weighted by molar-refractivity contribution is 9.10. The lowest BCUT2D eigenvalue weighted by atomic mass is 9.90. The summed E-state index contributed by atoms with van der Waals surface area (Å²) < 4.78 is 13.6. The van der Waals surface area contributed by atoms with Crippen molar-refractivity contribution in [1.82, 2.24) is 0 Å². The first-order valence-corrected chi connectivity index (χ1v) is 7.53. The van der Waals surface area contributed by atoms with Crippen LogP contribution in [0.25, 0.3) is 0 Å². The maximum absolute atomic E-state index is 13.1. The minimum absolute atomic E-state index is 0.0729. The fourth-order valence-electron chi connectivity index (χ4n) is 2.55. The number of anilines is 2. The molecule has 0 aliphatic carbocycles. The van der Waals surface area contributed by atoms with E-state index in [0.717, 1.165) is 24.2 Å². The van der Waals surface area contributed by atoms with Crippen molar-refractivity contribution in [3.05, 3.63) is 58.3 Å². The monoisotopic (exact) mass is 348 g/mol. The number of carbonyl (C=O) groups is 1. The SMILES string of the molecule is O=C(Nc1ccc(F)cc1Br)C1CCNc2ccccc21. The normalized spacial score (nSPS) is 16.8. The van der Waals surface area contributed by atoms with Crippen molar-refractivity contribution in [2.45, 2.75) is 12.3 Å². The molecule has 1 atom stereocenters. The van der Waals surface area contributed by atoms with Gasteiger partial charge in [-0.1, -0.05) is 18.2 Å². The molecule has 0 radical (unpaired) electrons. The number of para-hydroxylation sites is 1. The summed E-state index contributed by atoms with van der Waals surface area (Å²) in [5, 5.41) is 6.16. The number of benzene rings is 2. The molecule has 3 nitrogen and oxygen atoms in total. The molecule has 1 aliphatic rings. The van der Waals surface area contributed by atoms with E-state index in [1.807, 2.05) is 24.3 Å². The lowest BCUT2D eigenvalue weighted by molar-refractivity contribution is -0.117. The predicted molar refractivity (Wildman–Crippen MR) is 85.0 cm³/mol. The van der Waals surface area contributed by atoms with Gasteiger partial charge >= 0.3 is 0 Å². The molecule has 0 spiro atoms. The minimum Gasteiger partial charge on any atom is -0.385 e. The van der Waals surface area contributed by atoms with Gasteiger partial charge in [0, 0.05) is 16.7 Å². The highest BCUT2D eigenvalue weighted by Gasteiger charge is 2.26. The summed E-state index contributed by atoms with van der Waals surface area (Å²) in [7, 11) is 0. The smallest absolute Gasteiger partial charge is 0.232 e. The summed E-state index contributed by atoms with van der Waals surface area (Å²) in [6, 6.07) is 12.0. The maximum Gasteiger partial charge on any atom is 0.232 e. The Morgan fingerprint density at radius 2 is 2.10 bits per heavy atom. The van der Waals surface area contributed by atoms with Gasteiger partial charge in [0.1, 0.15) is 5.82 Å². The molecule has 0 aromatic heterocycles. The summed E-state index contributed by atoms with van der Waals surface area (Å²) in [6.45, 7) is 0.764. The zero-order valence-corrected chi connectivity index (χ0v) is 12.8. The molecule has 108 valence electrons. The third kappa shape index (κ3) is 2.93. The Kier molecular flexibility index (Phi) is 3.92. The Morgan fingerprint density at radius 3 is 2.90 bits per heavy atom. The van der Waals surface area contributed by atoms with E-state index in [-0.39, 0.29) is 17.6 Å². The van der Waals surface area contributed by atoms with Crippen LogP contribution >= 0.6 is 15.9 Å². The van der Waals surface area contributed by atoms with E-state index < -0.39 is 0 Å². The largest absolute Gasteiger partial charge is 0.385 e. The van der Waals surface area contributed by atoms with Crippen LogP contribution in [0, 0.1) is 5.82 Å². The molecular weight excluding hydrogens is 335 g/mol. The lowest BCUT2D eigenvalue weighted by Gasteiger charge is -2.26. The minimum atomic E-state index is -0.341. The lowest BCUT2D eigenvalue weighted by Crippen LogP contribution is -2.27. The van der Waals surface area contributed by atoms with E-state index >= 15 is 0 Å². The van der Waals surface area contributed by atoms with Crippen molar-refractivity contribution in [2.24, 2.45) is 0 Å². The van der Waals surface area contributed by atoms with Gasteiger partial charge in [0.05, 0.1) is 11.6 Å². The van der Waals surface area contributed by atoms with E-state index in [2.05, 4.69) is 26.6 Å². The molecule has 0 bridgehead atoms. The third-order valence-corrected chi connectivity index (χ3v) is 4.25. The van der Waals surface area contributed by atoms with E-state index in [9.17, 15) is 9.18 Å². The zero-order chi connectivity index (χ0) is 14.8. The molecule has 0 saturated heterocycles. The first kappa shape index (κ1) is 14.1. The van der Waals surface area contributed by atoms with Crippen molar-refractivity contribution < 1.29 is 9.18 Å². The molecular formula is C16H14BrFN2O. The molecule has 21 heavy (non-hydrogen) atoms. The van der Waals surface area contributed by atoms with E-state index in [1.165, 1.54) is 12.1 Å². The number of fused-ring (bicyclic) bond motifs is 1. The van der Waals surface area contributed by atoms with E-state index in [4.69, 9.17) is 0 Å². The summed E-state index contributed by atoms with van der Waals surface area (Å²) in [5.41, 5.74) is 2.58.